The average Bonchev–Trinajstić information content (AvgIpc) is 2.76. The topological polar surface area (TPSA) is 107 Å². The number of likely N-dealkylation sites (tertiary alicyclic amines) is 1. The first-order chi connectivity index (χ1) is 14.5. The highest BCUT2D eigenvalue weighted by molar-refractivity contribution is 6.32. The number of aliphatic hydroxyl groups is 1. The number of carbonyl (C=O) groups excluding carboxylic acids is 2. The fourth-order valence-electron chi connectivity index (χ4n) is 3.39. The lowest BCUT2D eigenvalue weighted by Gasteiger charge is -2.32. The Hall–Kier alpha value is -2.71. The van der Waals surface area contributed by atoms with Crippen molar-refractivity contribution in [3.63, 3.8) is 0 Å². The minimum absolute atomic E-state index is 0.0160. The number of aromatic nitrogens is 2. The van der Waals surface area contributed by atoms with E-state index in [4.69, 9.17) is 16.7 Å². The Bertz CT molecular complexity index is 908. The van der Waals surface area contributed by atoms with Gasteiger partial charge in [-0.1, -0.05) is 36.7 Å². The number of Topliss-reactive ketones (excluding diaryl/α,β-unsaturated/α-hetero) is 1. The molecule has 3 rings (SSSR count). The van der Waals surface area contributed by atoms with Crippen LogP contribution in [0, 0.1) is 0 Å². The minimum atomic E-state index is -0.488. The number of halogens is 1. The Labute approximate surface area is 180 Å². The number of para-hydroxylation sites is 1. The molecular weight excluding hydrogens is 406 g/mol. The van der Waals surface area contributed by atoms with Crippen LogP contribution in [0.15, 0.2) is 30.5 Å². The first-order valence-corrected chi connectivity index (χ1v) is 10.4. The van der Waals surface area contributed by atoms with E-state index in [0.717, 1.165) is 24.1 Å². The zero-order valence-corrected chi connectivity index (χ0v) is 17.7. The summed E-state index contributed by atoms with van der Waals surface area (Å²) in [6.07, 6.45) is 4.03. The summed E-state index contributed by atoms with van der Waals surface area (Å²) in [5.41, 5.74) is 1.64. The second-order valence-corrected chi connectivity index (χ2v) is 7.63. The molecule has 0 bridgehead atoms. The van der Waals surface area contributed by atoms with Crippen molar-refractivity contribution >= 4 is 40.7 Å². The Morgan fingerprint density at radius 3 is 2.90 bits per heavy atom. The molecule has 0 unspecified atom stereocenters. The summed E-state index contributed by atoms with van der Waals surface area (Å²) < 4.78 is 0. The van der Waals surface area contributed by atoms with E-state index >= 15 is 0 Å². The molecule has 1 aromatic heterocycles. The van der Waals surface area contributed by atoms with E-state index in [9.17, 15) is 9.59 Å². The van der Waals surface area contributed by atoms with Crippen molar-refractivity contribution in [3.05, 3.63) is 41.0 Å². The van der Waals surface area contributed by atoms with Gasteiger partial charge in [0.05, 0.1) is 6.20 Å². The summed E-state index contributed by atoms with van der Waals surface area (Å²) in [7, 11) is 0. The smallest absolute Gasteiger partial charge is 0.248 e. The Kier molecular flexibility index (Phi) is 7.59. The van der Waals surface area contributed by atoms with Crippen LogP contribution < -0.4 is 10.6 Å². The molecule has 0 radical (unpaired) electrons. The molecule has 8 nitrogen and oxygen atoms in total. The van der Waals surface area contributed by atoms with Crippen LogP contribution in [0.25, 0.3) is 0 Å². The van der Waals surface area contributed by atoms with Gasteiger partial charge in [0.25, 0.3) is 0 Å². The van der Waals surface area contributed by atoms with E-state index in [2.05, 4.69) is 20.6 Å². The van der Waals surface area contributed by atoms with Crippen LogP contribution in [0.1, 0.15) is 31.7 Å². The first-order valence-electron chi connectivity index (χ1n) is 10.0. The molecule has 2 aromatic rings. The zero-order chi connectivity index (χ0) is 21.5. The highest BCUT2D eigenvalue weighted by atomic mass is 35.5. The molecule has 1 atom stereocenters. The summed E-state index contributed by atoms with van der Waals surface area (Å²) in [6.45, 7) is 2.48. The number of ketones is 1. The van der Waals surface area contributed by atoms with E-state index in [1.165, 1.54) is 6.20 Å². The third-order valence-electron chi connectivity index (χ3n) is 5.04. The summed E-state index contributed by atoms with van der Waals surface area (Å²) in [6, 6.07) is 7.53. The van der Waals surface area contributed by atoms with Crippen molar-refractivity contribution in [3.8, 4) is 0 Å². The van der Waals surface area contributed by atoms with E-state index in [1.54, 1.807) is 4.90 Å². The van der Waals surface area contributed by atoms with Gasteiger partial charge in [-0.3, -0.25) is 9.59 Å². The van der Waals surface area contributed by atoms with Crippen molar-refractivity contribution < 1.29 is 14.7 Å². The SMILES string of the molecule is CCC(=O)Cc1ccccc1Nc1nc(N[C@H]2CCCN(C(=O)CO)C2)ncc1Cl. The van der Waals surface area contributed by atoms with Crippen molar-refractivity contribution in [2.24, 2.45) is 0 Å². The predicted octanol–water partition coefficient (Wildman–Crippen LogP) is 2.79. The number of amides is 1. The van der Waals surface area contributed by atoms with Gasteiger partial charge in [-0.15, -0.1) is 0 Å². The van der Waals surface area contributed by atoms with Gasteiger partial charge in [-0.25, -0.2) is 4.98 Å². The predicted molar refractivity (Wildman–Crippen MR) is 116 cm³/mol. The summed E-state index contributed by atoms with van der Waals surface area (Å²) in [5.74, 6) is 0.704. The molecule has 0 aliphatic carbocycles. The van der Waals surface area contributed by atoms with Gasteiger partial charge in [-0.05, 0) is 24.5 Å². The van der Waals surface area contributed by atoms with Gasteiger partial charge in [-0.2, -0.15) is 4.98 Å². The van der Waals surface area contributed by atoms with Gasteiger partial charge >= 0.3 is 0 Å². The number of hydrogen-bond donors (Lipinski definition) is 3. The molecule has 160 valence electrons. The summed E-state index contributed by atoms with van der Waals surface area (Å²) in [4.78, 5) is 34.0. The van der Waals surface area contributed by atoms with Crippen molar-refractivity contribution in [1.82, 2.24) is 14.9 Å². The van der Waals surface area contributed by atoms with E-state index in [-0.39, 0.29) is 17.7 Å². The summed E-state index contributed by atoms with van der Waals surface area (Å²) >= 11 is 6.29. The van der Waals surface area contributed by atoms with Crippen LogP contribution in [-0.4, -0.2) is 57.4 Å². The van der Waals surface area contributed by atoms with Crippen molar-refractivity contribution in [2.45, 2.75) is 38.6 Å². The van der Waals surface area contributed by atoms with Crippen LogP contribution in [-0.2, 0) is 16.0 Å². The number of nitrogens with zero attached hydrogens (tertiary/aromatic N) is 3. The van der Waals surface area contributed by atoms with Gasteiger partial charge in [0.2, 0.25) is 11.9 Å². The molecule has 0 spiro atoms. The third kappa shape index (κ3) is 5.67. The van der Waals surface area contributed by atoms with Crippen LogP contribution in [0.5, 0.6) is 0 Å². The molecule has 1 amide bonds. The van der Waals surface area contributed by atoms with Gasteiger partial charge in [0.1, 0.15) is 17.4 Å². The Morgan fingerprint density at radius 2 is 2.13 bits per heavy atom. The number of benzene rings is 1. The molecule has 1 aromatic carbocycles. The number of anilines is 3. The normalized spacial score (nSPS) is 16.2. The minimum Gasteiger partial charge on any atom is -0.387 e. The quantitative estimate of drug-likeness (QED) is 0.589. The molecule has 9 heteroatoms. The zero-order valence-electron chi connectivity index (χ0n) is 16.9. The van der Waals surface area contributed by atoms with E-state index in [1.807, 2.05) is 31.2 Å². The number of carbonyl (C=O) groups is 2. The lowest BCUT2D eigenvalue weighted by atomic mass is 10.1. The largest absolute Gasteiger partial charge is 0.387 e. The number of hydrogen-bond acceptors (Lipinski definition) is 7. The van der Waals surface area contributed by atoms with Crippen molar-refractivity contribution in [1.29, 1.82) is 0 Å². The molecule has 1 fully saturated rings. The maximum absolute atomic E-state index is 11.9. The molecule has 3 N–H and O–H groups in total. The number of aliphatic hydroxyl groups excluding tert-OH is 1. The van der Waals surface area contributed by atoms with Gasteiger partial charge < -0.3 is 20.6 Å². The first kappa shape index (κ1) is 22.0. The van der Waals surface area contributed by atoms with Crippen LogP contribution >= 0.6 is 11.6 Å². The molecular formula is C21H26ClN5O3. The highest BCUT2D eigenvalue weighted by Gasteiger charge is 2.23. The molecule has 0 saturated carbocycles. The standard InChI is InChI=1S/C21H26ClN5O3/c1-2-16(29)10-14-6-3-4-8-18(14)25-20-17(22)11-23-21(26-20)24-15-7-5-9-27(12-15)19(30)13-28/h3-4,6,8,11,15,28H,2,5,7,9-10,12-13H2,1H3,(H2,23,24,25,26)/t15-/m0/s1. The lowest BCUT2D eigenvalue weighted by Crippen LogP contribution is -2.46. The van der Waals surface area contributed by atoms with Crippen molar-refractivity contribution in [2.75, 3.05) is 30.3 Å². The Morgan fingerprint density at radius 1 is 1.33 bits per heavy atom. The lowest BCUT2D eigenvalue weighted by molar-refractivity contribution is -0.135. The van der Waals surface area contributed by atoms with E-state index in [0.29, 0.717) is 42.7 Å². The number of rotatable bonds is 8. The maximum Gasteiger partial charge on any atom is 0.248 e. The van der Waals surface area contributed by atoms with Crippen LogP contribution in [0.2, 0.25) is 5.02 Å². The van der Waals surface area contributed by atoms with E-state index < -0.39 is 6.61 Å². The molecule has 1 saturated heterocycles. The second-order valence-electron chi connectivity index (χ2n) is 7.22. The van der Waals surface area contributed by atoms with Crippen LogP contribution in [0.3, 0.4) is 0 Å². The highest BCUT2D eigenvalue weighted by Crippen LogP contribution is 2.27. The number of nitrogens with one attached hydrogen (secondary N) is 2. The van der Waals surface area contributed by atoms with Gasteiger partial charge in [0, 0.05) is 37.7 Å². The molecule has 1 aliphatic heterocycles. The second kappa shape index (κ2) is 10.4. The number of piperidine rings is 1. The molecule has 1 aliphatic rings. The maximum atomic E-state index is 11.9. The fraction of sp³-hybridized carbons (Fsp3) is 0.429. The fourth-order valence-corrected chi connectivity index (χ4v) is 3.53. The summed E-state index contributed by atoms with van der Waals surface area (Å²) in [5, 5.41) is 15.9. The Balaban J connectivity index is 1.73. The third-order valence-corrected chi connectivity index (χ3v) is 5.32. The average molecular weight is 432 g/mol. The van der Waals surface area contributed by atoms with Crippen LogP contribution in [0.4, 0.5) is 17.5 Å². The molecule has 30 heavy (non-hydrogen) atoms. The van der Waals surface area contributed by atoms with Gasteiger partial charge in [0.15, 0.2) is 5.82 Å². The molecule has 2 heterocycles. The monoisotopic (exact) mass is 431 g/mol.